The highest BCUT2D eigenvalue weighted by atomic mass is 32.2. The number of carbonyl (C=O) groups excluding carboxylic acids is 2. The zero-order chi connectivity index (χ0) is 40.3. The first-order valence-electron chi connectivity index (χ1n) is 17.7. The molecular formula is C39H46N4O10S2. The average Bonchev–Trinajstić information content (AvgIpc) is 3.13. The minimum absolute atomic E-state index is 0.0288. The van der Waals surface area contributed by atoms with E-state index >= 15 is 0 Å². The predicted octanol–water partition coefficient (Wildman–Crippen LogP) is 5.80. The first-order chi connectivity index (χ1) is 26.0. The first-order valence-corrected chi connectivity index (χ1v) is 20.7. The largest absolute Gasteiger partial charge is 0.478 e. The maximum absolute atomic E-state index is 13.1. The lowest BCUT2D eigenvalue weighted by molar-refractivity contribution is -0.116. The van der Waals surface area contributed by atoms with Crippen molar-refractivity contribution in [1.82, 2.24) is 5.32 Å². The van der Waals surface area contributed by atoms with Crippen LogP contribution in [0.15, 0.2) is 94.7 Å². The molecular weight excluding hydrogens is 749 g/mol. The summed E-state index contributed by atoms with van der Waals surface area (Å²) >= 11 is 0. The molecule has 0 radical (unpaired) electrons. The van der Waals surface area contributed by atoms with Crippen LogP contribution in [0.25, 0.3) is 0 Å². The van der Waals surface area contributed by atoms with Crippen molar-refractivity contribution in [3.8, 4) is 0 Å². The van der Waals surface area contributed by atoms with E-state index in [2.05, 4.69) is 33.9 Å². The molecule has 16 heteroatoms. The third-order valence-corrected chi connectivity index (χ3v) is 11.4. The van der Waals surface area contributed by atoms with Crippen LogP contribution < -0.4 is 20.1 Å². The summed E-state index contributed by atoms with van der Waals surface area (Å²) in [6, 6.07) is 19.2. The zero-order valence-electron chi connectivity index (χ0n) is 30.7. The van der Waals surface area contributed by atoms with E-state index in [1.165, 1.54) is 55.5 Å². The predicted molar refractivity (Wildman–Crippen MR) is 209 cm³/mol. The summed E-state index contributed by atoms with van der Waals surface area (Å²) in [7, 11) is -8.24. The van der Waals surface area contributed by atoms with Gasteiger partial charge in [-0.2, -0.15) is 0 Å². The molecule has 2 amide bonds. The van der Waals surface area contributed by atoms with Crippen LogP contribution in [-0.2, 0) is 37.7 Å². The number of sulfonamides is 2. The smallest absolute Gasteiger partial charge is 0.337 e. The SMILES string of the molecule is CCCCc1ccc(S(=O)(=O)Nc2ccc(NC(=O)C[C@H](C)NC(=O)c3ccc(NS(=O)(=O)c4ccc(CCCC)cc4)c(C(O)O)c3)cc2C(=O)O)cc1. The molecule has 14 nitrogen and oxygen atoms in total. The number of aliphatic hydroxyl groups excluding tert-OH is 1. The molecule has 0 bridgehead atoms. The molecule has 0 aliphatic heterocycles. The number of aromatic carboxylic acids is 1. The summed E-state index contributed by atoms with van der Waals surface area (Å²) in [5.41, 5.74) is 0.948. The lowest BCUT2D eigenvalue weighted by atomic mass is 10.1. The van der Waals surface area contributed by atoms with Gasteiger partial charge in [-0.25, -0.2) is 21.6 Å². The zero-order valence-corrected chi connectivity index (χ0v) is 32.3. The fraction of sp³-hybridized carbons (Fsp3) is 0.308. The second-order valence-electron chi connectivity index (χ2n) is 13.1. The number of unbranched alkanes of at least 4 members (excludes halogenated alkanes) is 2. The fourth-order valence-corrected chi connectivity index (χ4v) is 7.75. The molecule has 294 valence electrons. The van der Waals surface area contributed by atoms with E-state index in [9.17, 15) is 46.5 Å². The van der Waals surface area contributed by atoms with Gasteiger partial charge in [0.2, 0.25) is 5.91 Å². The van der Waals surface area contributed by atoms with Crippen LogP contribution in [0.1, 0.15) is 96.6 Å². The van der Waals surface area contributed by atoms with Crippen molar-refractivity contribution >= 4 is 54.9 Å². The van der Waals surface area contributed by atoms with Crippen molar-refractivity contribution in [2.75, 3.05) is 14.8 Å². The van der Waals surface area contributed by atoms with Crippen LogP contribution in [0.5, 0.6) is 0 Å². The molecule has 4 rings (SSSR count). The topological polar surface area (TPSA) is 228 Å². The Kier molecular flexibility index (Phi) is 14.5. The number of carbonyl (C=O) groups is 3. The van der Waals surface area contributed by atoms with Crippen LogP contribution in [0.3, 0.4) is 0 Å². The molecule has 7 N–H and O–H groups in total. The summed E-state index contributed by atoms with van der Waals surface area (Å²) in [6.07, 6.45) is 3.13. The molecule has 4 aromatic carbocycles. The Labute approximate surface area is 321 Å². The van der Waals surface area contributed by atoms with Crippen LogP contribution in [0.2, 0.25) is 0 Å². The minimum atomic E-state index is -4.13. The molecule has 1 atom stereocenters. The number of amides is 2. The Morgan fingerprint density at radius 3 is 1.69 bits per heavy atom. The van der Waals surface area contributed by atoms with Gasteiger partial charge in [0.15, 0.2) is 6.29 Å². The van der Waals surface area contributed by atoms with Gasteiger partial charge in [-0.15, -0.1) is 0 Å². The molecule has 0 aliphatic rings. The highest BCUT2D eigenvalue weighted by Gasteiger charge is 2.23. The molecule has 0 unspecified atom stereocenters. The monoisotopic (exact) mass is 794 g/mol. The molecule has 0 fully saturated rings. The van der Waals surface area contributed by atoms with E-state index in [0.29, 0.717) is 0 Å². The van der Waals surface area contributed by atoms with E-state index < -0.39 is 55.7 Å². The van der Waals surface area contributed by atoms with Crippen LogP contribution in [0, 0.1) is 0 Å². The Bertz CT molecular complexity index is 2210. The summed E-state index contributed by atoms with van der Waals surface area (Å²) in [5.74, 6) is -2.73. The molecule has 4 aromatic rings. The van der Waals surface area contributed by atoms with E-state index in [1.54, 1.807) is 24.3 Å². The summed E-state index contributed by atoms with van der Waals surface area (Å²) in [4.78, 5) is 37.9. The van der Waals surface area contributed by atoms with Crippen LogP contribution in [-0.4, -0.2) is 56.0 Å². The van der Waals surface area contributed by atoms with Gasteiger partial charge in [0.1, 0.15) is 0 Å². The molecule has 0 heterocycles. The second-order valence-corrected chi connectivity index (χ2v) is 16.4. The average molecular weight is 795 g/mol. The number of hydrogen-bond donors (Lipinski definition) is 7. The molecule has 0 spiro atoms. The lowest BCUT2D eigenvalue weighted by Gasteiger charge is -2.17. The van der Waals surface area contributed by atoms with E-state index in [0.717, 1.165) is 61.8 Å². The molecule has 0 saturated heterocycles. The number of aryl methyl sites for hydroxylation is 2. The van der Waals surface area contributed by atoms with Gasteiger partial charge in [0.05, 0.1) is 26.7 Å². The highest BCUT2D eigenvalue weighted by Crippen LogP contribution is 2.27. The van der Waals surface area contributed by atoms with Crippen molar-refractivity contribution < 1.29 is 46.5 Å². The number of benzene rings is 4. The maximum Gasteiger partial charge on any atom is 0.337 e. The standard InChI is InChI=1S/C39H46N4O10S2/c1-4-6-8-26-10-16-30(17-11-26)54(50,51)42-34-20-14-28(23-32(34)38(46)47)37(45)40-25(3)22-36(44)41-29-15-21-35(33(24-29)39(48)49)43-55(52,53)31-18-12-27(13-19-31)9-7-5-2/h10-21,23-25,38,42-43,46-47H,4-9,22H2,1-3H3,(H,40,45)(H,41,44)(H,48,49)/t25-/m0/s1. The summed E-state index contributed by atoms with van der Waals surface area (Å²) in [5, 5.41) is 35.0. The number of carboxylic acids is 1. The molecule has 0 saturated carbocycles. The molecule has 55 heavy (non-hydrogen) atoms. The van der Waals surface area contributed by atoms with Crippen molar-refractivity contribution in [3.63, 3.8) is 0 Å². The van der Waals surface area contributed by atoms with Gasteiger partial charge < -0.3 is 26.0 Å². The van der Waals surface area contributed by atoms with Gasteiger partial charge in [0, 0.05) is 29.3 Å². The number of carboxylic acid groups (broad SMARTS) is 1. The second kappa shape index (κ2) is 18.8. The van der Waals surface area contributed by atoms with E-state index in [-0.39, 0.29) is 44.4 Å². The van der Waals surface area contributed by atoms with Gasteiger partial charge in [0.25, 0.3) is 26.0 Å². The number of rotatable bonds is 19. The Balaban J connectivity index is 1.38. The number of hydrogen-bond acceptors (Lipinski definition) is 9. The Morgan fingerprint density at radius 1 is 0.691 bits per heavy atom. The van der Waals surface area contributed by atoms with Crippen molar-refractivity contribution in [2.24, 2.45) is 0 Å². The number of anilines is 3. The number of aliphatic hydroxyl groups is 2. The Morgan fingerprint density at radius 2 is 1.20 bits per heavy atom. The summed E-state index contributed by atoms with van der Waals surface area (Å²) in [6.45, 7) is 5.65. The van der Waals surface area contributed by atoms with Crippen molar-refractivity contribution in [2.45, 2.75) is 87.8 Å². The third-order valence-electron chi connectivity index (χ3n) is 8.59. The molecule has 0 aromatic heterocycles. The van der Waals surface area contributed by atoms with E-state index in [4.69, 9.17) is 0 Å². The van der Waals surface area contributed by atoms with Crippen molar-refractivity contribution in [1.29, 1.82) is 0 Å². The lowest BCUT2D eigenvalue weighted by Crippen LogP contribution is -2.35. The maximum atomic E-state index is 13.1. The normalized spacial score (nSPS) is 12.2. The van der Waals surface area contributed by atoms with Crippen molar-refractivity contribution in [3.05, 3.63) is 113 Å². The first kappa shape index (κ1) is 42.5. The van der Waals surface area contributed by atoms with Crippen LogP contribution >= 0.6 is 0 Å². The van der Waals surface area contributed by atoms with Gasteiger partial charge in [-0.1, -0.05) is 51.0 Å². The minimum Gasteiger partial charge on any atom is -0.478 e. The fourth-order valence-electron chi connectivity index (χ4n) is 5.59. The van der Waals surface area contributed by atoms with E-state index in [1.807, 2.05) is 0 Å². The Hall–Kier alpha value is -5.29. The van der Waals surface area contributed by atoms with Gasteiger partial charge in [-0.05, 0) is 104 Å². The third kappa shape index (κ3) is 11.8. The van der Waals surface area contributed by atoms with Crippen LogP contribution in [0.4, 0.5) is 17.1 Å². The summed E-state index contributed by atoms with van der Waals surface area (Å²) < 4.78 is 56.8. The highest BCUT2D eigenvalue weighted by molar-refractivity contribution is 7.93. The quantitative estimate of drug-likeness (QED) is 0.0564. The van der Waals surface area contributed by atoms with Gasteiger partial charge in [-0.3, -0.25) is 19.0 Å². The molecule has 0 aliphatic carbocycles. The van der Waals surface area contributed by atoms with Gasteiger partial charge >= 0.3 is 5.97 Å². The number of nitrogens with one attached hydrogen (secondary N) is 4.